The summed E-state index contributed by atoms with van der Waals surface area (Å²) in [5.74, 6) is 0. The molecule has 0 amide bonds. The van der Waals surface area contributed by atoms with Gasteiger partial charge in [-0.05, 0) is 17.5 Å². The third kappa shape index (κ3) is 1.57. The molecule has 4 heteroatoms. The highest BCUT2D eigenvalue weighted by molar-refractivity contribution is 5.94. The van der Waals surface area contributed by atoms with Crippen LogP contribution in [0, 0.1) is 10.1 Å². The van der Waals surface area contributed by atoms with E-state index in [1.54, 1.807) is 30.3 Å². The summed E-state index contributed by atoms with van der Waals surface area (Å²) in [5.41, 5.74) is 0.577. The Morgan fingerprint density at radius 3 is 2.67 bits per heavy atom. The number of fused-ring (bicyclic) bond motifs is 1. The molecule has 0 heterocycles. The molecular formula is C11H7NO3. The number of non-ortho nitro benzene ring substituents is 1. The van der Waals surface area contributed by atoms with Crippen molar-refractivity contribution in [1.29, 1.82) is 0 Å². The number of rotatable bonds is 2. The molecule has 0 aliphatic carbocycles. The van der Waals surface area contributed by atoms with E-state index in [9.17, 15) is 14.9 Å². The monoisotopic (exact) mass is 201 g/mol. The van der Waals surface area contributed by atoms with Crippen LogP contribution in [0.1, 0.15) is 10.4 Å². The van der Waals surface area contributed by atoms with E-state index in [0.29, 0.717) is 16.3 Å². The predicted molar refractivity (Wildman–Crippen MR) is 56.0 cm³/mol. The molecule has 0 saturated heterocycles. The van der Waals surface area contributed by atoms with Gasteiger partial charge in [-0.1, -0.05) is 18.2 Å². The van der Waals surface area contributed by atoms with E-state index >= 15 is 0 Å². The zero-order valence-electron chi connectivity index (χ0n) is 7.71. The molecule has 0 aromatic heterocycles. The van der Waals surface area contributed by atoms with Gasteiger partial charge in [0.1, 0.15) is 6.29 Å². The van der Waals surface area contributed by atoms with Crippen molar-refractivity contribution in [1.82, 2.24) is 0 Å². The van der Waals surface area contributed by atoms with E-state index in [1.165, 1.54) is 6.07 Å². The highest BCUT2D eigenvalue weighted by Crippen LogP contribution is 2.25. The quantitative estimate of drug-likeness (QED) is 0.426. The van der Waals surface area contributed by atoms with Gasteiger partial charge in [-0.3, -0.25) is 14.9 Å². The minimum absolute atomic E-state index is 0.0601. The first-order valence-corrected chi connectivity index (χ1v) is 4.35. The standard InChI is InChI=1S/C11H7NO3/c13-7-8-4-5-10-9(6-8)2-1-3-11(10)12(14)15/h1-7H. The Balaban J connectivity index is 2.77. The van der Waals surface area contributed by atoms with Gasteiger partial charge in [-0.2, -0.15) is 0 Å². The fraction of sp³-hybridized carbons (Fsp3) is 0. The number of nitro groups is 1. The smallest absolute Gasteiger partial charge is 0.277 e. The molecule has 0 aliphatic rings. The molecule has 0 fully saturated rings. The van der Waals surface area contributed by atoms with Crippen LogP contribution in [0.25, 0.3) is 10.8 Å². The molecule has 0 aliphatic heterocycles. The fourth-order valence-electron chi connectivity index (χ4n) is 1.52. The summed E-state index contributed by atoms with van der Waals surface area (Å²) in [6.45, 7) is 0. The normalized spacial score (nSPS) is 10.1. The topological polar surface area (TPSA) is 60.2 Å². The van der Waals surface area contributed by atoms with Crippen molar-refractivity contribution < 1.29 is 9.72 Å². The molecule has 0 N–H and O–H groups in total. The van der Waals surface area contributed by atoms with E-state index in [2.05, 4.69) is 0 Å². The summed E-state index contributed by atoms with van der Waals surface area (Å²) in [5, 5.41) is 12.0. The average molecular weight is 201 g/mol. The van der Waals surface area contributed by atoms with Crippen molar-refractivity contribution >= 4 is 22.7 Å². The van der Waals surface area contributed by atoms with Crippen LogP contribution in [0.15, 0.2) is 36.4 Å². The highest BCUT2D eigenvalue weighted by atomic mass is 16.6. The summed E-state index contributed by atoms with van der Waals surface area (Å²) < 4.78 is 0. The lowest BCUT2D eigenvalue weighted by Crippen LogP contribution is -1.89. The first kappa shape index (κ1) is 9.33. The van der Waals surface area contributed by atoms with E-state index in [1.807, 2.05) is 0 Å². The summed E-state index contributed by atoms with van der Waals surface area (Å²) in [7, 11) is 0. The van der Waals surface area contributed by atoms with Crippen LogP contribution in [0.2, 0.25) is 0 Å². The summed E-state index contributed by atoms with van der Waals surface area (Å²) in [4.78, 5) is 20.8. The molecule has 0 atom stereocenters. The highest BCUT2D eigenvalue weighted by Gasteiger charge is 2.10. The molecular weight excluding hydrogens is 194 g/mol. The van der Waals surface area contributed by atoms with Gasteiger partial charge in [0.15, 0.2) is 0 Å². The Labute approximate surface area is 85.3 Å². The van der Waals surface area contributed by atoms with Gasteiger partial charge in [0.05, 0.1) is 10.3 Å². The van der Waals surface area contributed by atoms with Crippen molar-refractivity contribution in [3.05, 3.63) is 52.1 Å². The second kappa shape index (κ2) is 3.49. The lowest BCUT2D eigenvalue weighted by molar-refractivity contribution is -0.383. The maximum absolute atomic E-state index is 10.7. The molecule has 0 spiro atoms. The van der Waals surface area contributed by atoms with Crippen LogP contribution in [0.3, 0.4) is 0 Å². The number of aldehydes is 1. The number of hydrogen-bond donors (Lipinski definition) is 0. The Kier molecular flexibility index (Phi) is 2.17. The van der Waals surface area contributed by atoms with Gasteiger partial charge < -0.3 is 0 Å². The molecule has 4 nitrogen and oxygen atoms in total. The van der Waals surface area contributed by atoms with Gasteiger partial charge in [0, 0.05) is 11.6 Å². The van der Waals surface area contributed by atoms with E-state index in [4.69, 9.17) is 0 Å². The van der Waals surface area contributed by atoms with Crippen LogP contribution in [0.5, 0.6) is 0 Å². The number of carbonyl (C=O) groups is 1. The van der Waals surface area contributed by atoms with Crippen molar-refractivity contribution in [2.45, 2.75) is 0 Å². The van der Waals surface area contributed by atoms with E-state index in [0.717, 1.165) is 6.29 Å². The third-order valence-electron chi connectivity index (χ3n) is 2.21. The Hall–Kier alpha value is -2.23. The average Bonchev–Trinajstić information content (AvgIpc) is 2.27. The number of benzene rings is 2. The molecule has 0 radical (unpaired) electrons. The molecule has 0 unspecified atom stereocenters. The number of nitrogens with zero attached hydrogens (tertiary/aromatic N) is 1. The van der Waals surface area contributed by atoms with Crippen LogP contribution in [-0.2, 0) is 0 Å². The van der Waals surface area contributed by atoms with Crippen LogP contribution in [0.4, 0.5) is 5.69 Å². The van der Waals surface area contributed by atoms with Crippen molar-refractivity contribution in [3.8, 4) is 0 Å². The largest absolute Gasteiger partial charge is 0.298 e. The van der Waals surface area contributed by atoms with Gasteiger partial charge in [0.25, 0.3) is 5.69 Å². The minimum Gasteiger partial charge on any atom is -0.298 e. The first-order valence-electron chi connectivity index (χ1n) is 4.35. The second-order valence-corrected chi connectivity index (χ2v) is 3.13. The molecule has 0 saturated carbocycles. The van der Waals surface area contributed by atoms with E-state index in [-0.39, 0.29) is 5.69 Å². The summed E-state index contributed by atoms with van der Waals surface area (Å²) in [6, 6.07) is 9.60. The number of carbonyl (C=O) groups excluding carboxylic acids is 1. The first-order chi connectivity index (χ1) is 7.22. The fourth-order valence-corrected chi connectivity index (χ4v) is 1.52. The summed E-state index contributed by atoms with van der Waals surface area (Å²) >= 11 is 0. The summed E-state index contributed by atoms with van der Waals surface area (Å²) in [6.07, 6.45) is 0.721. The second-order valence-electron chi connectivity index (χ2n) is 3.13. The Morgan fingerprint density at radius 2 is 2.00 bits per heavy atom. The molecule has 2 rings (SSSR count). The van der Waals surface area contributed by atoms with Crippen molar-refractivity contribution in [2.75, 3.05) is 0 Å². The lowest BCUT2D eigenvalue weighted by atomic mass is 10.1. The van der Waals surface area contributed by atoms with Crippen molar-refractivity contribution in [2.24, 2.45) is 0 Å². The predicted octanol–water partition coefficient (Wildman–Crippen LogP) is 2.56. The zero-order valence-corrected chi connectivity index (χ0v) is 7.71. The zero-order chi connectivity index (χ0) is 10.8. The maximum Gasteiger partial charge on any atom is 0.277 e. The SMILES string of the molecule is O=Cc1ccc2c([N+](=O)[O-])cccc2c1. The van der Waals surface area contributed by atoms with Gasteiger partial charge in [-0.15, -0.1) is 0 Å². The molecule has 2 aromatic rings. The third-order valence-corrected chi connectivity index (χ3v) is 2.21. The molecule has 0 bridgehead atoms. The molecule has 74 valence electrons. The minimum atomic E-state index is -0.428. The van der Waals surface area contributed by atoms with Crippen molar-refractivity contribution in [3.63, 3.8) is 0 Å². The molecule has 2 aromatic carbocycles. The Morgan fingerprint density at radius 1 is 1.20 bits per heavy atom. The van der Waals surface area contributed by atoms with Gasteiger partial charge in [-0.25, -0.2) is 0 Å². The van der Waals surface area contributed by atoms with Crippen LogP contribution >= 0.6 is 0 Å². The maximum atomic E-state index is 10.7. The van der Waals surface area contributed by atoms with Crippen LogP contribution < -0.4 is 0 Å². The van der Waals surface area contributed by atoms with Gasteiger partial charge in [0.2, 0.25) is 0 Å². The van der Waals surface area contributed by atoms with Gasteiger partial charge >= 0.3 is 0 Å². The number of nitro benzene ring substituents is 1. The van der Waals surface area contributed by atoms with E-state index < -0.39 is 4.92 Å². The van der Waals surface area contributed by atoms with Crippen LogP contribution in [-0.4, -0.2) is 11.2 Å². The number of hydrogen-bond acceptors (Lipinski definition) is 3. The molecule has 15 heavy (non-hydrogen) atoms. The Bertz CT molecular complexity index is 549. The lowest BCUT2D eigenvalue weighted by Gasteiger charge is -1.99.